The van der Waals surface area contributed by atoms with Gasteiger partial charge in [0.15, 0.2) is 0 Å². The lowest BCUT2D eigenvalue weighted by Gasteiger charge is -2.33. The van der Waals surface area contributed by atoms with Crippen molar-refractivity contribution in [1.29, 1.82) is 0 Å². The average Bonchev–Trinajstić information content (AvgIpc) is 3.23. The summed E-state index contributed by atoms with van der Waals surface area (Å²) in [6, 6.07) is 16.6. The molecule has 0 spiro atoms. The number of nitrogens with zero attached hydrogens (tertiary/aromatic N) is 1. The summed E-state index contributed by atoms with van der Waals surface area (Å²) in [5, 5.41) is 3.22. The van der Waals surface area contributed by atoms with Crippen LogP contribution in [0.1, 0.15) is 41.6 Å². The number of aryl methyl sites for hydroxylation is 1. The molecule has 0 aromatic heterocycles. The Morgan fingerprint density at radius 1 is 1.07 bits per heavy atom. The molecule has 1 N–H and O–H groups in total. The molecule has 0 saturated carbocycles. The number of hydrogen-bond donors (Lipinski definition) is 1. The molecule has 4 rings (SSSR count). The zero-order valence-corrected chi connectivity index (χ0v) is 16.7. The van der Waals surface area contributed by atoms with Crippen LogP contribution in [0, 0.1) is 6.92 Å². The smallest absolute Gasteiger partial charge is 0.251 e. The molecule has 148 valence electrons. The number of hydrogen-bond acceptors (Lipinski definition) is 3. The van der Waals surface area contributed by atoms with Crippen LogP contribution in [-0.4, -0.2) is 49.2 Å². The lowest BCUT2D eigenvalue weighted by Crippen LogP contribution is -2.46. The van der Waals surface area contributed by atoms with Gasteiger partial charge in [-0.05, 0) is 61.4 Å². The van der Waals surface area contributed by atoms with E-state index in [0.29, 0.717) is 6.10 Å². The molecule has 2 aromatic carbocycles. The Hall–Kier alpha value is -2.17. The molecule has 2 heterocycles. The van der Waals surface area contributed by atoms with E-state index in [1.165, 1.54) is 24.0 Å². The molecule has 4 nitrogen and oxygen atoms in total. The van der Waals surface area contributed by atoms with Gasteiger partial charge in [-0.3, -0.25) is 4.79 Å². The predicted octanol–water partition coefficient (Wildman–Crippen LogP) is 4.04. The van der Waals surface area contributed by atoms with Crippen LogP contribution in [-0.2, 0) is 4.74 Å². The monoisotopic (exact) mass is 378 g/mol. The van der Waals surface area contributed by atoms with Crippen LogP contribution in [0.25, 0.3) is 11.1 Å². The summed E-state index contributed by atoms with van der Waals surface area (Å²) in [4.78, 5) is 15.1. The first-order valence-electron chi connectivity index (χ1n) is 10.5. The van der Waals surface area contributed by atoms with Crippen LogP contribution in [0.15, 0.2) is 48.5 Å². The van der Waals surface area contributed by atoms with Crippen molar-refractivity contribution in [2.75, 3.05) is 26.2 Å². The molecule has 4 heteroatoms. The average molecular weight is 379 g/mol. The van der Waals surface area contributed by atoms with Gasteiger partial charge in [-0.1, -0.05) is 36.4 Å². The van der Waals surface area contributed by atoms with Crippen LogP contribution in [0.5, 0.6) is 0 Å². The van der Waals surface area contributed by atoms with Gasteiger partial charge in [0.1, 0.15) is 0 Å². The molecule has 28 heavy (non-hydrogen) atoms. The number of piperidine rings is 1. The van der Waals surface area contributed by atoms with E-state index in [1.807, 2.05) is 36.4 Å². The van der Waals surface area contributed by atoms with Crippen molar-refractivity contribution in [2.24, 2.45) is 0 Å². The number of carbonyl (C=O) groups is 1. The Labute approximate surface area is 167 Å². The van der Waals surface area contributed by atoms with Gasteiger partial charge >= 0.3 is 0 Å². The number of rotatable bonds is 5. The second-order valence-electron chi connectivity index (χ2n) is 8.08. The molecule has 2 saturated heterocycles. The number of ether oxygens (including phenoxy) is 1. The fraction of sp³-hybridized carbons (Fsp3) is 0.458. The van der Waals surface area contributed by atoms with E-state index >= 15 is 0 Å². The number of nitrogens with one attached hydrogen (secondary N) is 1. The van der Waals surface area contributed by atoms with Crippen molar-refractivity contribution in [3.05, 3.63) is 59.7 Å². The van der Waals surface area contributed by atoms with Crippen molar-refractivity contribution in [3.63, 3.8) is 0 Å². The minimum absolute atomic E-state index is 0.0360. The maximum absolute atomic E-state index is 12.6. The molecule has 1 atom stereocenters. The van der Waals surface area contributed by atoms with Crippen molar-refractivity contribution in [3.8, 4) is 11.1 Å². The summed E-state index contributed by atoms with van der Waals surface area (Å²) in [5.74, 6) is 0.0360. The zero-order chi connectivity index (χ0) is 19.3. The van der Waals surface area contributed by atoms with E-state index in [0.717, 1.165) is 50.2 Å². The molecular weight excluding hydrogens is 348 g/mol. The Balaban J connectivity index is 1.29. The molecule has 2 aliphatic heterocycles. The normalized spacial score (nSPS) is 21.0. The van der Waals surface area contributed by atoms with Gasteiger partial charge in [0.2, 0.25) is 0 Å². The van der Waals surface area contributed by atoms with Gasteiger partial charge in [-0.2, -0.15) is 0 Å². The van der Waals surface area contributed by atoms with Gasteiger partial charge in [-0.15, -0.1) is 0 Å². The number of carbonyl (C=O) groups excluding carboxylic acids is 1. The molecule has 0 unspecified atom stereocenters. The predicted molar refractivity (Wildman–Crippen MR) is 113 cm³/mol. The summed E-state index contributed by atoms with van der Waals surface area (Å²) in [6.07, 6.45) is 4.83. The highest BCUT2D eigenvalue weighted by atomic mass is 16.5. The van der Waals surface area contributed by atoms with Crippen molar-refractivity contribution >= 4 is 5.91 Å². The first kappa shape index (κ1) is 19.2. The minimum atomic E-state index is 0.0360. The fourth-order valence-corrected chi connectivity index (χ4v) is 4.30. The quantitative estimate of drug-likeness (QED) is 0.854. The number of benzene rings is 2. The first-order valence-corrected chi connectivity index (χ1v) is 10.5. The summed E-state index contributed by atoms with van der Waals surface area (Å²) >= 11 is 0. The van der Waals surface area contributed by atoms with Gasteiger partial charge in [-0.25, -0.2) is 0 Å². The molecule has 2 aliphatic rings. The highest BCUT2D eigenvalue weighted by molar-refractivity contribution is 5.94. The molecular formula is C24H30N2O2. The second kappa shape index (κ2) is 8.89. The third-order valence-electron chi connectivity index (χ3n) is 6.01. The summed E-state index contributed by atoms with van der Waals surface area (Å²) < 4.78 is 5.74. The van der Waals surface area contributed by atoms with E-state index in [2.05, 4.69) is 29.3 Å². The third-order valence-corrected chi connectivity index (χ3v) is 6.01. The van der Waals surface area contributed by atoms with E-state index in [9.17, 15) is 4.79 Å². The summed E-state index contributed by atoms with van der Waals surface area (Å²) in [6.45, 7) is 6.15. The topological polar surface area (TPSA) is 41.6 Å². The SMILES string of the molecule is Cc1ccccc1-c1ccc(C(=O)NC2CCN(C[C@H]3CCCO3)CC2)cc1. The minimum Gasteiger partial charge on any atom is -0.377 e. The Morgan fingerprint density at radius 3 is 2.50 bits per heavy atom. The van der Waals surface area contributed by atoms with Gasteiger partial charge < -0.3 is 15.0 Å². The molecule has 0 aliphatic carbocycles. The van der Waals surface area contributed by atoms with E-state index in [-0.39, 0.29) is 11.9 Å². The number of likely N-dealkylation sites (tertiary alicyclic amines) is 1. The van der Waals surface area contributed by atoms with E-state index in [4.69, 9.17) is 4.74 Å². The fourth-order valence-electron chi connectivity index (χ4n) is 4.30. The second-order valence-corrected chi connectivity index (χ2v) is 8.08. The third kappa shape index (κ3) is 4.62. The lowest BCUT2D eigenvalue weighted by molar-refractivity contribution is 0.0613. The summed E-state index contributed by atoms with van der Waals surface area (Å²) in [5.41, 5.74) is 4.35. The largest absolute Gasteiger partial charge is 0.377 e. The molecule has 1 amide bonds. The number of amides is 1. The lowest BCUT2D eigenvalue weighted by atomic mass is 9.99. The molecule has 2 aromatic rings. The zero-order valence-electron chi connectivity index (χ0n) is 16.7. The Morgan fingerprint density at radius 2 is 1.82 bits per heavy atom. The van der Waals surface area contributed by atoms with Crippen molar-refractivity contribution in [2.45, 2.75) is 44.8 Å². The van der Waals surface area contributed by atoms with Crippen LogP contribution < -0.4 is 5.32 Å². The molecule has 0 bridgehead atoms. The maximum Gasteiger partial charge on any atom is 0.251 e. The van der Waals surface area contributed by atoms with Crippen LogP contribution >= 0.6 is 0 Å². The molecule has 2 fully saturated rings. The first-order chi connectivity index (χ1) is 13.7. The highest BCUT2D eigenvalue weighted by Crippen LogP contribution is 2.23. The van der Waals surface area contributed by atoms with E-state index < -0.39 is 0 Å². The highest BCUT2D eigenvalue weighted by Gasteiger charge is 2.24. The van der Waals surface area contributed by atoms with E-state index in [1.54, 1.807) is 0 Å². The van der Waals surface area contributed by atoms with Crippen molar-refractivity contribution < 1.29 is 9.53 Å². The molecule has 0 radical (unpaired) electrons. The van der Waals surface area contributed by atoms with Crippen LogP contribution in [0.3, 0.4) is 0 Å². The van der Waals surface area contributed by atoms with Gasteiger partial charge in [0.25, 0.3) is 5.91 Å². The van der Waals surface area contributed by atoms with Crippen LogP contribution in [0.4, 0.5) is 0 Å². The Bertz CT molecular complexity index is 789. The van der Waals surface area contributed by atoms with Gasteiger partial charge in [0, 0.05) is 37.8 Å². The maximum atomic E-state index is 12.6. The van der Waals surface area contributed by atoms with Crippen molar-refractivity contribution in [1.82, 2.24) is 10.2 Å². The standard InChI is InChI=1S/C24H30N2O2/c1-18-5-2-3-7-23(18)19-8-10-20(11-9-19)24(27)25-21-12-14-26(15-13-21)17-22-6-4-16-28-22/h2-3,5,7-11,21-22H,4,6,12-17H2,1H3,(H,25,27)/t22-/m1/s1. The van der Waals surface area contributed by atoms with Gasteiger partial charge in [0.05, 0.1) is 6.10 Å². The summed E-state index contributed by atoms with van der Waals surface area (Å²) in [7, 11) is 0. The Kier molecular flexibility index (Phi) is 6.08. The van der Waals surface area contributed by atoms with Crippen LogP contribution in [0.2, 0.25) is 0 Å².